The van der Waals surface area contributed by atoms with Crippen LogP contribution in [0.1, 0.15) is 60.0 Å². The molecule has 30 heavy (non-hydrogen) atoms. The highest BCUT2D eigenvalue weighted by atomic mass is 16.5. The molecule has 1 amide bonds. The number of benzene rings is 1. The molecule has 0 fully saturated rings. The normalized spacial score (nSPS) is 12.3. The van der Waals surface area contributed by atoms with E-state index in [-0.39, 0.29) is 17.9 Å². The van der Waals surface area contributed by atoms with Gasteiger partial charge in [0.25, 0.3) is 11.6 Å². The minimum Gasteiger partial charge on any atom is -0.336 e. The zero-order valence-electron chi connectivity index (χ0n) is 17.3. The Bertz CT molecular complexity index is 1140. The number of nitrogens with zero attached hydrogens (tertiary/aromatic N) is 4. The van der Waals surface area contributed by atoms with Crippen LogP contribution in [0, 0.1) is 0 Å². The van der Waals surface area contributed by atoms with E-state index in [1.165, 1.54) is 0 Å². The monoisotopic (exact) mass is 400 g/mol. The van der Waals surface area contributed by atoms with Crippen LogP contribution in [0.3, 0.4) is 0 Å². The number of fused-ring (bicyclic) bond motifs is 1. The number of rotatable bonds is 6. The minimum absolute atomic E-state index is 0.109. The van der Waals surface area contributed by atoms with E-state index in [9.17, 15) is 4.79 Å². The fourth-order valence-corrected chi connectivity index (χ4v) is 3.50. The lowest BCUT2D eigenvalue weighted by Crippen LogP contribution is -2.33. The number of hydrogen-bond donors (Lipinski definition) is 0. The predicted octanol–water partition coefficient (Wildman–Crippen LogP) is 5.14. The van der Waals surface area contributed by atoms with E-state index >= 15 is 0 Å². The van der Waals surface area contributed by atoms with E-state index in [2.05, 4.69) is 15.1 Å². The van der Waals surface area contributed by atoms with Crippen LogP contribution in [0.4, 0.5) is 0 Å². The molecule has 0 bridgehead atoms. The van der Waals surface area contributed by atoms with Gasteiger partial charge in [0.15, 0.2) is 0 Å². The lowest BCUT2D eigenvalue weighted by Gasteiger charge is -2.29. The molecule has 1 aromatic carbocycles. The summed E-state index contributed by atoms with van der Waals surface area (Å²) >= 11 is 0. The van der Waals surface area contributed by atoms with Gasteiger partial charge in [0, 0.05) is 18.9 Å². The van der Waals surface area contributed by atoms with Gasteiger partial charge in [0.1, 0.15) is 0 Å². The van der Waals surface area contributed by atoms with Crippen molar-refractivity contribution in [3.05, 3.63) is 89.5 Å². The summed E-state index contributed by atoms with van der Waals surface area (Å²) in [6.07, 6.45) is 3.31. The van der Waals surface area contributed by atoms with Crippen molar-refractivity contribution in [3.63, 3.8) is 0 Å². The largest absolute Gasteiger partial charge is 0.336 e. The third-order valence-corrected chi connectivity index (χ3v) is 5.19. The fourth-order valence-electron chi connectivity index (χ4n) is 3.50. The van der Waals surface area contributed by atoms with Crippen molar-refractivity contribution < 1.29 is 9.32 Å². The average Bonchev–Trinajstić information content (AvgIpc) is 3.21. The molecule has 6 heteroatoms. The van der Waals surface area contributed by atoms with Gasteiger partial charge in [-0.05, 0) is 36.6 Å². The van der Waals surface area contributed by atoms with Crippen LogP contribution < -0.4 is 0 Å². The maximum atomic E-state index is 13.6. The minimum atomic E-state index is -0.207. The molecule has 0 radical (unpaired) electrons. The van der Waals surface area contributed by atoms with Crippen molar-refractivity contribution in [1.82, 2.24) is 20.0 Å². The third-order valence-electron chi connectivity index (χ3n) is 5.19. The topological polar surface area (TPSA) is 72.1 Å². The van der Waals surface area contributed by atoms with E-state index in [1.807, 2.05) is 80.3 Å². The maximum Gasteiger partial charge on any atom is 0.257 e. The molecule has 1 atom stereocenters. The Balaban J connectivity index is 1.73. The summed E-state index contributed by atoms with van der Waals surface area (Å²) in [7, 11) is 0. The van der Waals surface area contributed by atoms with Crippen LogP contribution in [-0.2, 0) is 6.54 Å². The molecule has 1 unspecified atom stereocenters. The van der Waals surface area contributed by atoms with Gasteiger partial charge in [-0.2, -0.15) is 0 Å². The molecular weight excluding hydrogens is 376 g/mol. The molecule has 0 saturated carbocycles. The van der Waals surface area contributed by atoms with Gasteiger partial charge in [0.2, 0.25) is 0 Å². The first kappa shape index (κ1) is 19.8. The third kappa shape index (κ3) is 3.94. The second kappa shape index (κ2) is 8.45. The summed E-state index contributed by atoms with van der Waals surface area (Å²) in [5, 5.41) is 4.90. The van der Waals surface area contributed by atoms with Gasteiger partial charge in [0.05, 0.1) is 28.4 Å². The molecule has 0 aliphatic rings. The summed E-state index contributed by atoms with van der Waals surface area (Å²) < 4.78 is 5.32. The first-order valence-electron chi connectivity index (χ1n) is 10.1. The molecule has 4 rings (SSSR count). The molecule has 4 aromatic rings. The van der Waals surface area contributed by atoms with Gasteiger partial charge >= 0.3 is 0 Å². The highest BCUT2D eigenvalue weighted by Gasteiger charge is 2.25. The highest BCUT2D eigenvalue weighted by molar-refractivity contribution is 5.97. The Morgan fingerprint density at radius 3 is 2.50 bits per heavy atom. The average molecular weight is 400 g/mol. The smallest absolute Gasteiger partial charge is 0.257 e. The second-order valence-corrected chi connectivity index (χ2v) is 7.65. The number of amides is 1. The van der Waals surface area contributed by atoms with E-state index in [4.69, 9.17) is 4.52 Å². The zero-order valence-corrected chi connectivity index (χ0v) is 17.3. The highest BCUT2D eigenvalue weighted by Crippen LogP contribution is 2.27. The van der Waals surface area contributed by atoms with Crippen LogP contribution in [-0.4, -0.2) is 25.9 Å². The molecule has 0 spiro atoms. The van der Waals surface area contributed by atoms with Crippen molar-refractivity contribution >= 4 is 17.0 Å². The Hall–Kier alpha value is -3.54. The van der Waals surface area contributed by atoms with Crippen molar-refractivity contribution in [2.45, 2.75) is 39.3 Å². The van der Waals surface area contributed by atoms with Gasteiger partial charge in [-0.25, -0.2) is 4.98 Å². The van der Waals surface area contributed by atoms with E-state index in [1.54, 1.807) is 12.4 Å². The molecule has 3 heterocycles. The molecular formula is C24H24N4O2. The Kier molecular flexibility index (Phi) is 5.57. The van der Waals surface area contributed by atoms with Crippen molar-refractivity contribution in [2.24, 2.45) is 0 Å². The Morgan fingerprint density at radius 1 is 1.03 bits per heavy atom. The molecule has 6 nitrogen and oxygen atoms in total. The van der Waals surface area contributed by atoms with Crippen molar-refractivity contribution in [3.8, 4) is 0 Å². The lowest BCUT2D eigenvalue weighted by atomic mass is 10.1. The summed E-state index contributed by atoms with van der Waals surface area (Å²) in [4.78, 5) is 24.2. The Labute approximate surface area is 175 Å². The SMILES string of the molecule is CC(C)c1noc2ncc(C(=O)N(Cc3ccccc3)C(C)c3ccccn3)cc12. The van der Waals surface area contributed by atoms with Gasteiger partial charge in [-0.15, -0.1) is 0 Å². The van der Waals surface area contributed by atoms with Crippen molar-refractivity contribution in [1.29, 1.82) is 0 Å². The van der Waals surface area contributed by atoms with E-state index < -0.39 is 0 Å². The number of hydrogen-bond acceptors (Lipinski definition) is 5. The fraction of sp³-hybridized carbons (Fsp3) is 0.250. The maximum absolute atomic E-state index is 13.6. The summed E-state index contributed by atoms with van der Waals surface area (Å²) in [6.45, 7) is 6.54. The van der Waals surface area contributed by atoms with Gasteiger partial charge in [-0.3, -0.25) is 9.78 Å². The van der Waals surface area contributed by atoms with E-state index in [0.717, 1.165) is 22.3 Å². The summed E-state index contributed by atoms with van der Waals surface area (Å²) in [5.41, 5.74) is 3.65. The van der Waals surface area contributed by atoms with Gasteiger partial charge in [-0.1, -0.05) is 55.4 Å². The molecule has 3 aromatic heterocycles. The van der Waals surface area contributed by atoms with Crippen LogP contribution in [0.15, 0.2) is 71.5 Å². The van der Waals surface area contributed by atoms with Crippen LogP contribution in [0.25, 0.3) is 11.1 Å². The van der Waals surface area contributed by atoms with Crippen LogP contribution in [0.2, 0.25) is 0 Å². The van der Waals surface area contributed by atoms with Crippen LogP contribution in [0.5, 0.6) is 0 Å². The standard InChI is InChI=1S/C24H24N4O2/c1-16(2)22-20-13-19(14-26-23(20)30-27-22)24(29)28(15-18-9-5-4-6-10-18)17(3)21-11-7-8-12-25-21/h4-14,16-17H,15H2,1-3H3. The summed E-state index contributed by atoms with van der Waals surface area (Å²) in [6, 6.07) is 17.3. The molecule has 152 valence electrons. The predicted molar refractivity (Wildman–Crippen MR) is 115 cm³/mol. The number of aromatic nitrogens is 3. The quantitative estimate of drug-likeness (QED) is 0.448. The summed E-state index contributed by atoms with van der Waals surface area (Å²) in [5.74, 6) is 0.0635. The molecule has 0 aliphatic heterocycles. The first-order chi connectivity index (χ1) is 14.5. The molecule has 0 N–H and O–H groups in total. The van der Waals surface area contributed by atoms with Crippen LogP contribution >= 0.6 is 0 Å². The zero-order chi connectivity index (χ0) is 21.1. The molecule has 0 aliphatic carbocycles. The Morgan fingerprint density at radius 2 is 1.80 bits per heavy atom. The number of pyridine rings is 2. The van der Waals surface area contributed by atoms with E-state index in [0.29, 0.717) is 17.8 Å². The number of carbonyl (C=O) groups is 1. The lowest BCUT2D eigenvalue weighted by molar-refractivity contribution is 0.0670. The molecule has 0 saturated heterocycles. The second-order valence-electron chi connectivity index (χ2n) is 7.65. The first-order valence-corrected chi connectivity index (χ1v) is 10.1. The van der Waals surface area contributed by atoms with Crippen molar-refractivity contribution in [2.75, 3.05) is 0 Å². The number of carbonyl (C=O) groups excluding carboxylic acids is 1. The van der Waals surface area contributed by atoms with Gasteiger partial charge < -0.3 is 9.42 Å².